The van der Waals surface area contributed by atoms with Crippen LogP contribution in [-0.2, 0) is 5.54 Å². The van der Waals surface area contributed by atoms with Crippen molar-refractivity contribution in [1.29, 1.82) is 0 Å². The topological polar surface area (TPSA) is 91.0 Å². The minimum absolute atomic E-state index is 0.334. The zero-order valence-corrected chi connectivity index (χ0v) is 9.30. The van der Waals surface area contributed by atoms with Gasteiger partial charge in [-0.1, -0.05) is 24.2 Å². The van der Waals surface area contributed by atoms with Gasteiger partial charge >= 0.3 is 0 Å². The van der Waals surface area contributed by atoms with Gasteiger partial charge in [-0.3, -0.25) is 0 Å². The molecule has 0 radical (unpaired) electrons. The molecule has 0 unspecified atom stereocenters. The van der Waals surface area contributed by atoms with Gasteiger partial charge in [-0.25, -0.2) is 0 Å². The quantitative estimate of drug-likeness (QED) is 0.846. The Bertz CT molecular complexity index is 445. The fourth-order valence-electron chi connectivity index (χ4n) is 1.42. The van der Waals surface area contributed by atoms with Gasteiger partial charge in [-0.2, -0.15) is 4.98 Å². The first-order valence-corrected chi connectivity index (χ1v) is 5.23. The lowest BCUT2D eigenvalue weighted by atomic mass is 9.93. The van der Waals surface area contributed by atoms with Gasteiger partial charge in [-0.05, 0) is 12.8 Å². The van der Waals surface area contributed by atoms with Crippen molar-refractivity contribution in [2.45, 2.75) is 32.2 Å². The first-order valence-electron chi connectivity index (χ1n) is 5.23. The van der Waals surface area contributed by atoms with Crippen LogP contribution in [0.15, 0.2) is 21.4 Å². The summed E-state index contributed by atoms with van der Waals surface area (Å²) in [6, 6.07) is 1.66. The van der Waals surface area contributed by atoms with Crippen LogP contribution in [0, 0.1) is 0 Å². The highest BCUT2D eigenvalue weighted by atomic mass is 16.5. The van der Waals surface area contributed by atoms with Gasteiger partial charge in [0.05, 0.1) is 5.54 Å². The van der Waals surface area contributed by atoms with E-state index in [9.17, 15) is 0 Å². The van der Waals surface area contributed by atoms with Crippen molar-refractivity contribution in [3.05, 3.63) is 18.2 Å². The van der Waals surface area contributed by atoms with Crippen molar-refractivity contribution in [1.82, 2.24) is 15.3 Å². The van der Waals surface area contributed by atoms with Crippen LogP contribution in [0.1, 0.15) is 32.5 Å². The van der Waals surface area contributed by atoms with Crippen LogP contribution in [0.25, 0.3) is 11.6 Å². The first-order chi connectivity index (χ1) is 7.69. The highest BCUT2D eigenvalue weighted by molar-refractivity contribution is 5.44. The van der Waals surface area contributed by atoms with Crippen LogP contribution in [0.2, 0.25) is 0 Å². The molecule has 0 atom stereocenters. The predicted octanol–water partition coefficient (Wildman–Crippen LogP) is 1.70. The molecule has 6 nitrogen and oxygen atoms in total. The molecule has 2 rings (SSSR count). The molecule has 0 aliphatic rings. The van der Waals surface area contributed by atoms with Gasteiger partial charge in [0.15, 0.2) is 11.5 Å². The smallest absolute Gasteiger partial charge is 0.280 e. The van der Waals surface area contributed by atoms with Crippen LogP contribution < -0.4 is 5.73 Å². The van der Waals surface area contributed by atoms with E-state index in [2.05, 4.69) is 15.3 Å². The lowest BCUT2D eigenvalue weighted by molar-refractivity contribution is 0.349. The Labute approximate surface area is 92.8 Å². The molecule has 0 spiro atoms. The van der Waals surface area contributed by atoms with Crippen LogP contribution in [0.3, 0.4) is 0 Å². The number of hydrogen-bond acceptors (Lipinski definition) is 6. The van der Waals surface area contributed by atoms with E-state index in [4.69, 9.17) is 14.8 Å². The number of rotatable bonds is 4. The molecule has 86 valence electrons. The number of hydrogen-bond donors (Lipinski definition) is 1. The SMILES string of the molecule is CCC(N)(CC)c1noc(-c2ccon2)n1. The van der Waals surface area contributed by atoms with Crippen LogP contribution in [-0.4, -0.2) is 15.3 Å². The molecule has 6 heteroatoms. The Balaban J connectivity index is 2.33. The van der Waals surface area contributed by atoms with Gasteiger partial charge < -0.3 is 14.8 Å². The van der Waals surface area contributed by atoms with Crippen molar-refractivity contribution in [2.75, 3.05) is 0 Å². The minimum Gasteiger partial charge on any atom is -0.364 e. The summed E-state index contributed by atoms with van der Waals surface area (Å²) < 4.78 is 9.80. The molecule has 0 aliphatic carbocycles. The monoisotopic (exact) mass is 222 g/mol. The maximum absolute atomic E-state index is 6.16. The van der Waals surface area contributed by atoms with Crippen molar-refractivity contribution in [3.63, 3.8) is 0 Å². The van der Waals surface area contributed by atoms with Gasteiger partial charge in [0, 0.05) is 6.07 Å². The summed E-state index contributed by atoms with van der Waals surface area (Å²) in [5.74, 6) is 0.843. The van der Waals surface area contributed by atoms with Crippen molar-refractivity contribution < 1.29 is 9.05 Å². The predicted molar refractivity (Wildman–Crippen MR) is 56.2 cm³/mol. The summed E-state index contributed by atoms with van der Waals surface area (Å²) in [6.45, 7) is 3.99. The summed E-state index contributed by atoms with van der Waals surface area (Å²) in [4.78, 5) is 4.24. The fraction of sp³-hybridized carbons (Fsp3) is 0.500. The Morgan fingerprint density at radius 3 is 2.62 bits per heavy atom. The lowest BCUT2D eigenvalue weighted by Gasteiger charge is -2.21. The number of nitrogens with two attached hydrogens (primary N) is 1. The van der Waals surface area contributed by atoms with E-state index in [-0.39, 0.29) is 0 Å². The van der Waals surface area contributed by atoms with E-state index >= 15 is 0 Å². The molecule has 0 aromatic carbocycles. The van der Waals surface area contributed by atoms with Crippen molar-refractivity contribution in [3.8, 4) is 11.6 Å². The molecule has 0 aliphatic heterocycles. The zero-order valence-electron chi connectivity index (χ0n) is 9.30. The standard InChI is InChI=1S/C10H14N4O2/c1-3-10(11,4-2)9-12-8(16-14-9)7-5-6-15-13-7/h5-6H,3-4,11H2,1-2H3. The molecule has 2 aromatic heterocycles. The molecule has 2 aromatic rings. The van der Waals surface area contributed by atoms with Crippen LogP contribution >= 0.6 is 0 Å². The molecule has 0 fully saturated rings. The van der Waals surface area contributed by atoms with Crippen molar-refractivity contribution in [2.24, 2.45) is 5.73 Å². The zero-order chi connectivity index (χ0) is 11.6. The Kier molecular flexibility index (Phi) is 2.74. The molecular weight excluding hydrogens is 208 g/mol. The van der Waals surface area contributed by atoms with Crippen molar-refractivity contribution >= 4 is 0 Å². The highest BCUT2D eigenvalue weighted by Crippen LogP contribution is 2.25. The number of aromatic nitrogens is 3. The first kappa shape index (κ1) is 10.8. The lowest BCUT2D eigenvalue weighted by Crippen LogP contribution is -2.36. The van der Waals surface area contributed by atoms with E-state index in [1.54, 1.807) is 6.07 Å². The van der Waals surface area contributed by atoms with Gasteiger partial charge in [0.1, 0.15) is 6.26 Å². The summed E-state index contributed by atoms with van der Waals surface area (Å²) in [5.41, 5.74) is 6.14. The van der Waals surface area contributed by atoms with Crippen LogP contribution in [0.5, 0.6) is 0 Å². The van der Waals surface area contributed by atoms with Crippen LogP contribution in [0.4, 0.5) is 0 Å². The fourth-order valence-corrected chi connectivity index (χ4v) is 1.42. The average Bonchev–Trinajstić information content (AvgIpc) is 2.97. The second-order valence-electron chi connectivity index (χ2n) is 3.67. The van der Waals surface area contributed by atoms with Gasteiger partial charge in [-0.15, -0.1) is 0 Å². The molecule has 0 bridgehead atoms. The largest absolute Gasteiger partial charge is 0.364 e. The van der Waals surface area contributed by atoms with E-state index in [1.807, 2.05) is 13.8 Å². The van der Waals surface area contributed by atoms with E-state index in [0.717, 1.165) is 12.8 Å². The molecule has 0 amide bonds. The summed E-state index contributed by atoms with van der Waals surface area (Å²) in [7, 11) is 0. The third-order valence-electron chi connectivity index (χ3n) is 2.79. The third-order valence-corrected chi connectivity index (χ3v) is 2.79. The Morgan fingerprint density at radius 1 is 1.31 bits per heavy atom. The normalized spacial score (nSPS) is 11.9. The van der Waals surface area contributed by atoms with E-state index < -0.39 is 5.54 Å². The maximum Gasteiger partial charge on any atom is 0.280 e. The molecule has 2 N–H and O–H groups in total. The second-order valence-corrected chi connectivity index (χ2v) is 3.67. The highest BCUT2D eigenvalue weighted by Gasteiger charge is 2.29. The average molecular weight is 222 g/mol. The Morgan fingerprint density at radius 2 is 2.06 bits per heavy atom. The molecule has 0 saturated heterocycles. The molecule has 2 heterocycles. The molecule has 0 saturated carbocycles. The second kappa shape index (κ2) is 4.05. The third kappa shape index (κ3) is 1.71. The molecular formula is C10H14N4O2. The molecule has 16 heavy (non-hydrogen) atoms. The minimum atomic E-state index is -0.536. The van der Waals surface area contributed by atoms with Gasteiger partial charge in [0.2, 0.25) is 0 Å². The Hall–Kier alpha value is -1.69. The summed E-state index contributed by atoms with van der Waals surface area (Å²) in [6.07, 6.45) is 2.96. The van der Waals surface area contributed by atoms with Gasteiger partial charge in [0.25, 0.3) is 5.89 Å². The number of nitrogens with zero attached hydrogens (tertiary/aromatic N) is 3. The summed E-state index contributed by atoms with van der Waals surface area (Å²) in [5, 5.41) is 7.61. The summed E-state index contributed by atoms with van der Waals surface area (Å²) >= 11 is 0. The van der Waals surface area contributed by atoms with E-state index in [0.29, 0.717) is 17.4 Å². The maximum atomic E-state index is 6.16. The van der Waals surface area contributed by atoms with E-state index in [1.165, 1.54) is 6.26 Å².